The summed E-state index contributed by atoms with van der Waals surface area (Å²) >= 11 is 0. The summed E-state index contributed by atoms with van der Waals surface area (Å²) in [6, 6.07) is 21.4. The highest BCUT2D eigenvalue weighted by atomic mass is 16.1. The van der Waals surface area contributed by atoms with Gasteiger partial charge in [-0.1, -0.05) is 30.3 Å². The fraction of sp³-hybridized carbons (Fsp3) is 0.333. The van der Waals surface area contributed by atoms with E-state index in [1.807, 2.05) is 18.2 Å². The normalized spacial score (nSPS) is 27.8. The fourth-order valence-corrected chi connectivity index (χ4v) is 6.40. The van der Waals surface area contributed by atoms with E-state index in [2.05, 4.69) is 58.1 Å². The first kappa shape index (κ1) is 18.6. The number of carbonyl (C=O) groups excluding carboxylic acids is 1. The topological polar surface area (TPSA) is 54.0 Å². The standard InChI is InChI=1S/C27H27N3O/c31-27(29-16-17-10-12-28-13-11-17)21-8-9-23-22(15-21)24-19-6-7-20(14-19)25(24)26(30-23)18-4-2-1-3-5-18/h1-5,8-13,15,19-20,24-26,30H,6-7,14,16H2,(H,29,31)/t19-,20-,24+,25+,26+/m0/s1. The van der Waals surface area contributed by atoms with Crippen LogP contribution >= 0.6 is 0 Å². The van der Waals surface area contributed by atoms with E-state index < -0.39 is 0 Å². The van der Waals surface area contributed by atoms with Crippen LogP contribution in [0, 0.1) is 17.8 Å². The fourth-order valence-electron chi connectivity index (χ4n) is 6.40. The van der Waals surface area contributed by atoms with Gasteiger partial charge in [0.15, 0.2) is 0 Å². The maximum Gasteiger partial charge on any atom is 0.251 e. The molecule has 2 aliphatic carbocycles. The minimum atomic E-state index is -0.00972. The summed E-state index contributed by atoms with van der Waals surface area (Å²) < 4.78 is 0. The molecule has 2 bridgehead atoms. The zero-order valence-corrected chi connectivity index (χ0v) is 17.5. The molecular formula is C27H27N3O. The smallest absolute Gasteiger partial charge is 0.251 e. The quantitative estimate of drug-likeness (QED) is 0.614. The van der Waals surface area contributed by atoms with Gasteiger partial charge in [-0.3, -0.25) is 9.78 Å². The van der Waals surface area contributed by atoms with Gasteiger partial charge in [-0.2, -0.15) is 0 Å². The third-order valence-electron chi connectivity index (χ3n) is 7.71. The first-order valence-electron chi connectivity index (χ1n) is 11.4. The molecule has 0 radical (unpaired) electrons. The van der Waals surface area contributed by atoms with Crippen LogP contribution in [0.2, 0.25) is 0 Å². The van der Waals surface area contributed by atoms with Crippen molar-refractivity contribution in [3.8, 4) is 0 Å². The first-order chi connectivity index (χ1) is 15.3. The molecule has 6 rings (SSSR count). The lowest BCUT2D eigenvalue weighted by Gasteiger charge is -2.43. The van der Waals surface area contributed by atoms with E-state index in [-0.39, 0.29) is 5.91 Å². The summed E-state index contributed by atoms with van der Waals surface area (Å²) in [5, 5.41) is 6.92. The van der Waals surface area contributed by atoms with Crippen molar-refractivity contribution in [2.45, 2.75) is 37.8 Å². The summed E-state index contributed by atoms with van der Waals surface area (Å²) in [5.41, 5.74) is 5.75. The van der Waals surface area contributed by atoms with Crippen LogP contribution in [0.5, 0.6) is 0 Å². The number of pyridine rings is 1. The number of rotatable bonds is 4. The van der Waals surface area contributed by atoms with E-state index in [4.69, 9.17) is 0 Å². The van der Waals surface area contributed by atoms with Gasteiger partial charge < -0.3 is 10.6 Å². The second-order valence-electron chi connectivity index (χ2n) is 9.31. The van der Waals surface area contributed by atoms with Gasteiger partial charge in [-0.05, 0) is 90.0 Å². The van der Waals surface area contributed by atoms with Crippen LogP contribution in [0.1, 0.15) is 58.3 Å². The number of hydrogen-bond acceptors (Lipinski definition) is 3. The third kappa shape index (κ3) is 3.21. The van der Waals surface area contributed by atoms with Crippen LogP contribution in [-0.4, -0.2) is 10.9 Å². The van der Waals surface area contributed by atoms with Crippen LogP contribution in [0.15, 0.2) is 73.1 Å². The Morgan fingerprint density at radius 3 is 2.65 bits per heavy atom. The van der Waals surface area contributed by atoms with Crippen molar-refractivity contribution in [3.05, 3.63) is 95.3 Å². The number of hydrogen-bond donors (Lipinski definition) is 2. The molecule has 2 aromatic carbocycles. The maximum absolute atomic E-state index is 12.9. The Hall–Kier alpha value is -3.14. The van der Waals surface area contributed by atoms with E-state index in [9.17, 15) is 4.79 Å². The molecule has 0 spiro atoms. The Labute approximate surface area is 183 Å². The Balaban J connectivity index is 1.30. The van der Waals surface area contributed by atoms with Crippen molar-refractivity contribution in [1.82, 2.24) is 10.3 Å². The maximum atomic E-state index is 12.9. The molecule has 156 valence electrons. The van der Waals surface area contributed by atoms with Gasteiger partial charge in [0.2, 0.25) is 0 Å². The molecule has 2 saturated carbocycles. The lowest BCUT2D eigenvalue weighted by atomic mass is 9.68. The van der Waals surface area contributed by atoms with E-state index in [0.717, 1.165) is 23.0 Å². The molecule has 3 aromatic rings. The number of anilines is 1. The van der Waals surface area contributed by atoms with Crippen LogP contribution in [0.4, 0.5) is 5.69 Å². The largest absolute Gasteiger partial charge is 0.378 e. The molecule has 0 unspecified atom stereocenters. The highest BCUT2D eigenvalue weighted by Gasteiger charge is 2.53. The zero-order valence-electron chi connectivity index (χ0n) is 17.5. The Morgan fingerprint density at radius 1 is 1.00 bits per heavy atom. The predicted octanol–water partition coefficient (Wildman–Crippen LogP) is 5.31. The van der Waals surface area contributed by atoms with Gasteiger partial charge in [0.05, 0.1) is 6.04 Å². The van der Waals surface area contributed by atoms with Gasteiger partial charge >= 0.3 is 0 Å². The van der Waals surface area contributed by atoms with Gasteiger partial charge in [0, 0.05) is 30.2 Å². The summed E-state index contributed by atoms with van der Waals surface area (Å²) in [5.74, 6) is 2.68. The highest BCUT2D eigenvalue weighted by Crippen LogP contribution is 2.63. The Bertz CT molecular complexity index is 1100. The Morgan fingerprint density at radius 2 is 1.81 bits per heavy atom. The molecule has 31 heavy (non-hydrogen) atoms. The average molecular weight is 410 g/mol. The number of aromatic nitrogens is 1. The molecule has 1 amide bonds. The highest BCUT2D eigenvalue weighted by molar-refractivity contribution is 5.95. The first-order valence-corrected chi connectivity index (χ1v) is 11.4. The van der Waals surface area contributed by atoms with Crippen molar-refractivity contribution < 1.29 is 4.79 Å². The molecule has 1 aromatic heterocycles. The van der Waals surface area contributed by atoms with E-state index in [1.54, 1.807) is 12.4 Å². The van der Waals surface area contributed by atoms with Gasteiger partial charge in [-0.15, -0.1) is 0 Å². The number of benzene rings is 2. The summed E-state index contributed by atoms with van der Waals surface area (Å²) in [7, 11) is 0. The van der Waals surface area contributed by atoms with E-state index in [0.29, 0.717) is 24.4 Å². The van der Waals surface area contributed by atoms with Crippen LogP contribution < -0.4 is 10.6 Å². The SMILES string of the molecule is O=C(NCc1ccncc1)c1ccc2c(c1)[C@H]1[C@H]3CC[C@@H](C3)[C@H]1[C@@H](c1ccccc1)N2. The molecule has 2 N–H and O–H groups in total. The molecule has 2 fully saturated rings. The minimum Gasteiger partial charge on any atom is -0.378 e. The number of amides is 1. The van der Waals surface area contributed by atoms with Crippen LogP contribution in [0.25, 0.3) is 0 Å². The number of carbonyl (C=O) groups is 1. The van der Waals surface area contributed by atoms with Gasteiger partial charge in [0.1, 0.15) is 0 Å². The summed E-state index contributed by atoms with van der Waals surface area (Å²) in [4.78, 5) is 16.9. The van der Waals surface area contributed by atoms with Crippen molar-refractivity contribution in [3.63, 3.8) is 0 Å². The monoisotopic (exact) mass is 409 g/mol. The summed E-state index contributed by atoms with van der Waals surface area (Å²) in [6.07, 6.45) is 7.51. The zero-order chi connectivity index (χ0) is 20.8. The van der Waals surface area contributed by atoms with E-state index >= 15 is 0 Å². The molecule has 4 nitrogen and oxygen atoms in total. The molecular weight excluding hydrogens is 382 g/mol. The predicted molar refractivity (Wildman–Crippen MR) is 122 cm³/mol. The van der Waals surface area contributed by atoms with Crippen molar-refractivity contribution in [2.75, 3.05) is 5.32 Å². The lowest BCUT2D eigenvalue weighted by Crippen LogP contribution is -2.35. The molecule has 3 aliphatic rings. The number of nitrogens with zero attached hydrogens (tertiary/aromatic N) is 1. The van der Waals surface area contributed by atoms with Gasteiger partial charge in [0.25, 0.3) is 5.91 Å². The van der Waals surface area contributed by atoms with Crippen molar-refractivity contribution >= 4 is 11.6 Å². The lowest BCUT2D eigenvalue weighted by molar-refractivity contribution is 0.0950. The van der Waals surface area contributed by atoms with Crippen LogP contribution in [-0.2, 0) is 6.54 Å². The molecule has 0 saturated heterocycles. The molecule has 1 aliphatic heterocycles. The third-order valence-corrected chi connectivity index (χ3v) is 7.71. The average Bonchev–Trinajstić information content (AvgIpc) is 3.46. The second-order valence-corrected chi connectivity index (χ2v) is 9.31. The van der Waals surface area contributed by atoms with Crippen molar-refractivity contribution in [2.24, 2.45) is 17.8 Å². The van der Waals surface area contributed by atoms with Gasteiger partial charge in [-0.25, -0.2) is 0 Å². The number of fused-ring (bicyclic) bond motifs is 7. The van der Waals surface area contributed by atoms with Crippen LogP contribution in [0.3, 0.4) is 0 Å². The Kier molecular flexibility index (Phi) is 4.52. The molecule has 2 heterocycles. The van der Waals surface area contributed by atoms with Crippen molar-refractivity contribution in [1.29, 1.82) is 0 Å². The minimum absolute atomic E-state index is 0.00972. The number of nitrogens with one attached hydrogen (secondary N) is 2. The molecule has 5 atom stereocenters. The van der Waals surface area contributed by atoms with E-state index in [1.165, 1.54) is 36.1 Å². The second kappa shape index (κ2) is 7.52. The summed E-state index contributed by atoms with van der Waals surface area (Å²) in [6.45, 7) is 0.517. The molecule has 4 heteroatoms.